The van der Waals surface area contributed by atoms with E-state index in [9.17, 15) is 4.79 Å². The van der Waals surface area contributed by atoms with Gasteiger partial charge in [0.25, 0.3) is 0 Å². The van der Waals surface area contributed by atoms with Crippen molar-refractivity contribution in [3.63, 3.8) is 0 Å². The van der Waals surface area contributed by atoms with Gasteiger partial charge in [-0.1, -0.05) is 44.7 Å². The first-order chi connectivity index (χ1) is 9.65. The third-order valence-electron chi connectivity index (χ3n) is 4.37. The molecule has 0 radical (unpaired) electrons. The summed E-state index contributed by atoms with van der Waals surface area (Å²) >= 11 is 0. The lowest BCUT2D eigenvalue weighted by atomic mass is 9.81. The van der Waals surface area contributed by atoms with Crippen LogP contribution in [0.4, 0.5) is 0 Å². The molecule has 0 bridgehead atoms. The van der Waals surface area contributed by atoms with Crippen LogP contribution < -0.4 is 5.32 Å². The van der Waals surface area contributed by atoms with Crippen molar-refractivity contribution in [3.8, 4) is 0 Å². The molecular weight excluding hydrogens is 250 g/mol. The highest BCUT2D eigenvalue weighted by molar-refractivity contribution is 5.87. The molecule has 0 atom stereocenters. The van der Waals surface area contributed by atoms with Gasteiger partial charge in [0.05, 0.1) is 5.56 Å². The van der Waals surface area contributed by atoms with Gasteiger partial charge in [0.15, 0.2) is 0 Å². The Hall–Kier alpha value is -1.35. The van der Waals surface area contributed by atoms with Gasteiger partial charge in [0.2, 0.25) is 0 Å². The molecule has 0 aromatic heterocycles. The molecule has 2 rings (SSSR count). The van der Waals surface area contributed by atoms with Crippen LogP contribution in [0.2, 0.25) is 0 Å². The second-order valence-electron chi connectivity index (χ2n) is 6.10. The van der Waals surface area contributed by atoms with Gasteiger partial charge in [-0.2, -0.15) is 0 Å². The molecule has 0 heterocycles. The fourth-order valence-corrected chi connectivity index (χ4v) is 2.97. The number of aromatic carboxylic acids is 1. The number of benzene rings is 1. The largest absolute Gasteiger partial charge is 0.478 e. The summed E-state index contributed by atoms with van der Waals surface area (Å²) in [6.07, 6.45) is 6.75. The molecule has 1 aliphatic rings. The summed E-state index contributed by atoms with van der Waals surface area (Å²) in [5, 5.41) is 12.4. The zero-order chi connectivity index (χ0) is 14.4. The molecule has 2 N–H and O–H groups in total. The highest BCUT2D eigenvalue weighted by Crippen LogP contribution is 2.29. The Balaban J connectivity index is 1.68. The summed E-state index contributed by atoms with van der Waals surface area (Å²) in [5.74, 6) is 0.935. The van der Waals surface area contributed by atoms with Crippen molar-refractivity contribution in [2.45, 2.75) is 45.6 Å². The number of carboxylic acids is 1. The maximum absolute atomic E-state index is 10.9. The summed E-state index contributed by atoms with van der Waals surface area (Å²) in [5.41, 5.74) is 1.41. The van der Waals surface area contributed by atoms with Gasteiger partial charge < -0.3 is 10.4 Å². The highest BCUT2D eigenvalue weighted by atomic mass is 16.4. The maximum Gasteiger partial charge on any atom is 0.335 e. The van der Waals surface area contributed by atoms with E-state index in [1.165, 1.54) is 32.1 Å². The minimum absolute atomic E-state index is 0.366. The molecule has 0 spiro atoms. The molecule has 20 heavy (non-hydrogen) atoms. The van der Waals surface area contributed by atoms with E-state index in [2.05, 4.69) is 12.2 Å². The van der Waals surface area contributed by atoms with E-state index in [-0.39, 0.29) is 0 Å². The standard InChI is InChI=1S/C17H25NO2/c1-13-5-7-14(8-6-13)9-10-18-12-15-3-2-4-16(11-15)17(19)20/h2-4,11,13-14,18H,5-10,12H2,1H3,(H,19,20). The van der Waals surface area contributed by atoms with E-state index >= 15 is 0 Å². The number of hydrogen-bond acceptors (Lipinski definition) is 2. The molecule has 1 saturated carbocycles. The fraction of sp³-hybridized carbons (Fsp3) is 0.588. The number of nitrogens with one attached hydrogen (secondary N) is 1. The van der Waals surface area contributed by atoms with Crippen LogP contribution in [0.3, 0.4) is 0 Å². The van der Waals surface area contributed by atoms with Gasteiger partial charge in [-0.15, -0.1) is 0 Å². The van der Waals surface area contributed by atoms with Crippen LogP contribution in [-0.2, 0) is 6.54 Å². The first-order valence-corrected chi connectivity index (χ1v) is 7.68. The SMILES string of the molecule is CC1CCC(CCNCc2cccc(C(=O)O)c2)CC1. The number of carboxylic acid groups (broad SMARTS) is 1. The summed E-state index contributed by atoms with van der Waals surface area (Å²) < 4.78 is 0. The number of rotatable bonds is 6. The zero-order valence-electron chi connectivity index (χ0n) is 12.3. The van der Waals surface area contributed by atoms with Crippen LogP contribution in [-0.4, -0.2) is 17.6 Å². The van der Waals surface area contributed by atoms with Gasteiger partial charge in [-0.05, 0) is 42.5 Å². The minimum Gasteiger partial charge on any atom is -0.478 e. The Labute approximate surface area is 121 Å². The van der Waals surface area contributed by atoms with Crippen molar-refractivity contribution in [2.24, 2.45) is 11.8 Å². The Morgan fingerprint density at radius 2 is 2.05 bits per heavy atom. The van der Waals surface area contributed by atoms with Crippen LogP contribution in [0.1, 0.15) is 54.9 Å². The molecule has 3 nitrogen and oxygen atoms in total. The van der Waals surface area contributed by atoms with Crippen molar-refractivity contribution < 1.29 is 9.90 Å². The van der Waals surface area contributed by atoms with Gasteiger partial charge >= 0.3 is 5.97 Å². The summed E-state index contributed by atoms with van der Waals surface area (Å²) in [7, 11) is 0. The van der Waals surface area contributed by atoms with Gasteiger partial charge in [-0.3, -0.25) is 0 Å². The van der Waals surface area contributed by atoms with Gasteiger partial charge in [-0.25, -0.2) is 4.79 Å². The zero-order valence-corrected chi connectivity index (χ0v) is 12.3. The molecule has 0 aliphatic heterocycles. The van der Waals surface area contributed by atoms with Crippen molar-refractivity contribution in [1.29, 1.82) is 0 Å². The molecule has 0 saturated heterocycles. The molecular formula is C17H25NO2. The second kappa shape index (κ2) is 7.44. The monoisotopic (exact) mass is 275 g/mol. The molecule has 1 aromatic rings. The van der Waals surface area contributed by atoms with Gasteiger partial charge in [0.1, 0.15) is 0 Å². The lowest BCUT2D eigenvalue weighted by Gasteiger charge is -2.26. The Morgan fingerprint density at radius 3 is 2.75 bits per heavy atom. The topological polar surface area (TPSA) is 49.3 Å². The molecule has 1 aromatic carbocycles. The first kappa shape index (κ1) is 15.0. The molecule has 110 valence electrons. The Kier molecular flexibility index (Phi) is 5.60. The quantitative estimate of drug-likeness (QED) is 0.778. The van der Waals surface area contributed by atoms with E-state index in [0.717, 1.165) is 30.5 Å². The summed E-state index contributed by atoms with van der Waals surface area (Å²) in [4.78, 5) is 10.9. The lowest BCUT2D eigenvalue weighted by molar-refractivity contribution is 0.0696. The van der Waals surface area contributed by atoms with Crippen LogP contribution in [0.15, 0.2) is 24.3 Å². The Morgan fingerprint density at radius 1 is 1.30 bits per heavy atom. The van der Waals surface area contributed by atoms with Crippen molar-refractivity contribution >= 4 is 5.97 Å². The number of carbonyl (C=O) groups is 1. The number of hydrogen-bond donors (Lipinski definition) is 2. The van der Waals surface area contributed by atoms with E-state index < -0.39 is 5.97 Å². The van der Waals surface area contributed by atoms with Crippen molar-refractivity contribution in [3.05, 3.63) is 35.4 Å². The van der Waals surface area contributed by atoms with E-state index in [1.54, 1.807) is 12.1 Å². The van der Waals surface area contributed by atoms with E-state index in [0.29, 0.717) is 5.56 Å². The fourth-order valence-electron chi connectivity index (χ4n) is 2.97. The third kappa shape index (κ3) is 4.64. The molecule has 0 amide bonds. The average molecular weight is 275 g/mol. The normalized spacial score (nSPS) is 22.6. The molecule has 3 heteroatoms. The summed E-state index contributed by atoms with van der Waals surface area (Å²) in [6, 6.07) is 7.16. The third-order valence-corrected chi connectivity index (χ3v) is 4.37. The molecule has 0 unspecified atom stereocenters. The van der Waals surface area contributed by atoms with Crippen LogP contribution in [0.5, 0.6) is 0 Å². The van der Waals surface area contributed by atoms with Crippen molar-refractivity contribution in [2.75, 3.05) is 6.54 Å². The lowest BCUT2D eigenvalue weighted by Crippen LogP contribution is -2.20. The van der Waals surface area contributed by atoms with E-state index in [4.69, 9.17) is 5.11 Å². The Bertz CT molecular complexity index is 436. The van der Waals surface area contributed by atoms with Crippen LogP contribution in [0, 0.1) is 11.8 Å². The smallest absolute Gasteiger partial charge is 0.335 e. The van der Waals surface area contributed by atoms with E-state index in [1.807, 2.05) is 12.1 Å². The second-order valence-corrected chi connectivity index (χ2v) is 6.10. The molecule has 1 aliphatic carbocycles. The predicted octanol–water partition coefficient (Wildman–Crippen LogP) is 3.69. The molecule has 1 fully saturated rings. The van der Waals surface area contributed by atoms with Crippen LogP contribution in [0.25, 0.3) is 0 Å². The summed E-state index contributed by atoms with van der Waals surface area (Å²) in [6.45, 7) is 4.13. The van der Waals surface area contributed by atoms with Gasteiger partial charge in [0, 0.05) is 6.54 Å². The predicted molar refractivity (Wildman–Crippen MR) is 80.8 cm³/mol. The first-order valence-electron chi connectivity index (χ1n) is 7.68. The average Bonchev–Trinajstić information content (AvgIpc) is 2.46. The minimum atomic E-state index is -0.858. The van der Waals surface area contributed by atoms with Crippen molar-refractivity contribution in [1.82, 2.24) is 5.32 Å². The van der Waals surface area contributed by atoms with Crippen LogP contribution >= 0.6 is 0 Å². The highest BCUT2D eigenvalue weighted by Gasteiger charge is 2.17. The maximum atomic E-state index is 10.9.